The van der Waals surface area contributed by atoms with Gasteiger partial charge in [-0.2, -0.15) is 5.10 Å². The van der Waals surface area contributed by atoms with Crippen molar-refractivity contribution in [3.63, 3.8) is 0 Å². The molecule has 1 heterocycles. The monoisotopic (exact) mass is 401 g/mol. The van der Waals surface area contributed by atoms with E-state index in [1.165, 1.54) is 16.8 Å². The molecule has 1 aromatic carbocycles. The Hall–Kier alpha value is -2.70. The smallest absolute Gasteiger partial charge is 0.191 e. The summed E-state index contributed by atoms with van der Waals surface area (Å²) >= 11 is 0. The Labute approximate surface area is 174 Å². The van der Waals surface area contributed by atoms with Gasteiger partial charge in [0.1, 0.15) is 0 Å². The van der Waals surface area contributed by atoms with Gasteiger partial charge in [-0.25, -0.2) is 4.99 Å². The minimum absolute atomic E-state index is 0.631. The van der Waals surface area contributed by atoms with Crippen molar-refractivity contribution in [1.82, 2.24) is 20.4 Å². The molecule has 0 amide bonds. The maximum absolute atomic E-state index is 5.39. The molecule has 2 rings (SSSR count). The molecule has 2 aromatic rings. The summed E-state index contributed by atoms with van der Waals surface area (Å²) in [5.41, 5.74) is 4.82. The van der Waals surface area contributed by atoms with Crippen molar-refractivity contribution in [2.75, 3.05) is 27.3 Å². The number of nitrogens with one attached hydrogen (secondary N) is 2. The highest BCUT2D eigenvalue weighted by atomic mass is 16.5. The highest BCUT2D eigenvalue weighted by Crippen LogP contribution is 2.27. The summed E-state index contributed by atoms with van der Waals surface area (Å²) in [5.74, 6) is 2.32. The van der Waals surface area contributed by atoms with Crippen molar-refractivity contribution in [3.05, 3.63) is 40.7 Å². The lowest BCUT2D eigenvalue weighted by molar-refractivity contribution is 0.354. The van der Waals surface area contributed by atoms with Crippen LogP contribution < -0.4 is 20.1 Å². The molecule has 0 fully saturated rings. The quantitative estimate of drug-likeness (QED) is 0.473. The molecule has 0 aliphatic heterocycles. The number of aryl methyl sites for hydroxylation is 2. The first-order valence-corrected chi connectivity index (χ1v) is 10.3. The van der Waals surface area contributed by atoms with Crippen LogP contribution in [0.5, 0.6) is 11.5 Å². The summed E-state index contributed by atoms with van der Waals surface area (Å²) in [4.78, 5) is 4.80. The second kappa shape index (κ2) is 11.3. The Morgan fingerprint density at radius 3 is 2.45 bits per heavy atom. The van der Waals surface area contributed by atoms with E-state index < -0.39 is 0 Å². The maximum atomic E-state index is 5.39. The van der Waals surface area contributed by atoms with Crippen LogP contribution in [-0.2, 0) is 32.9 Å². The third kappa shape index (κ3) is 5.89. The van der Waals surface area contributed by atoms with Crippen molar-refractivity contribution >= 4 is 5.96 Å². The topological polar surface area (TPSA) is 72.7 Å². The lowest BCUT2D eigenvalue weighted by atomic mass is 10.1. The van der Waals surface area contributed by atoms with E-state index in [1.807, 2.05) is 23.9 Å². The van der Waals surface area contributed by atoms with Gasteiger partial charge >= 0.3 is 0 Å². The molecule has 0 bridgehead atoms. The summed E-state index contributed by atoms with van der Waals surface area (Å²) in [6.45, 7) is 8.60. The third-order valence-corrected chi connectivity index (χ3v) is 4.92. The Morgan fingerprint density at radius 1 is 1.07 bits per heavy atom. The predicted octanol–water partition coefficient (Wildman–Crippen LogP) is 2.86. The van der Waals surface area contributed by atoms with Gasteiger partial charge < -0.3 is 20.1 Å². The van der Waals surface area contributed by atoms with E-state index in [4.69, 9.17) is 14.5 Å². The molecule has 2 N–H and O–H groups in total. The Bertz CT molecular complexity index is 814. The SMILES string of the molecule is CCNC(=NCc1c(CC)nn(C)c1CC)NCCc1ccc(OC)c(OC)c1. The second-order valence-corrected chi connectivity index (χ2v) is 6.76. The highest BCUT2D eigenvalue weighted by Gasteiger charge is 2.13. The van der Waals surface area contributed by atoms with Gasteiger partial charge in [-0.3, -0.25) is 4.68 Å². The number of methoxy groups -OCH3 is 2. The average Bonchev–Trinajstić information content (AvgIpc) is 3.06. The molecule has 1 aromatic heterocycles. The number of benzene rings is 1. The first-order chi connectivity index (χ1) is 14.1. The zero-order chi connectivity index (χ0) is 21.2. The van der Waals surface area contributed by atoms with E-state index in [0.29, 0.717) is 6.54 Å². The standard InChI is InChI=1S/C22H35N5O2/c1-7-18-17(19(8-2)27(4)26-18)15-25-22(23-9-3)24-13-12-16-10-11-20(28-5)21(14-16)29-6/h10-11,14H,7-9,12-13,15H2,1-6H3,(H2,23,24,25). The molecule has 160 valence electrons. The van der Waals surface area contributed by atoms with Crippen molar-refractivity contribution in [2.24, 2.45) is 12.0 Å². The molecule has 0 aliphatic rings. The highest BCUT2D eigenvalue weighted by molar-refractivity contribution is 5.79. The second-order valence-electron chi connectivity index (χ2n) is 6.76. The zero-order valence-electron chi connectivity index (χ0n) is 18.6. The van der Waals surface area contributed by atoms with E-state index in [0.717, 1.165) is 55.5 Å². The fourth-order valence-electron chi connectivity index (χ4n) is 3.43. The Morgan fingerprint density at radius 2 is 1.83 bits per heavy atom. The van der Waals surface area contributed by atoms with Gasteiger partial charge in [0.15, 0.2) is 17.5 Å². The number of hydrogen-bond donors (Lipinski definition) is 2. The summed E-state index contributed by atoms with van der Waals surface area (Å²) < 4.78 is 12.7. The Balaban J connectivity index is 2.03. The van der Waals surface area contributed by atoms with Gasteiger partial charge in [-0.05, 0) is 43.9 Å². The average molecular weight is 402 g/mol. The van der Waals surface area contributed by atoms with E-state index in [9.17, 15) is 0 Å². The first-order valence-electron chi connectivity index (χ1n) is 10.3. The first kappa shape index (κ1) is 22.6. The van der Waals surface area contributed by atoms with Crippen LogP contribution >= 0.6 is 0 Å². The van der Waals surface area contributed by atoms with Crippen LogP contribution in [0.15, 0.2) is 23.2 Å². The van der Waals surface area contributed by atoms with E-state index in [-0.39, 0.29) is 0 Å². The minimum Gasteiger partial charge on any atom is -0.493 e. The number of rotatable bonds is 10. The minimum atomic E-state index is 0.631. The van der Waals surface area contributed by atoms with Crippen LogP contribution in [0.4, 0.5) is 0 Å². The molecule has 0 unspecified atom stereocenters. The van der Waals surface area contributed by atoms with Crippen LogP contribution in [-0.4, -0.2) is 43.0 Å². The van der Waals surface area contributed by atoms with Crippen molar-refractivity contribution < 1.29 is 9.47 Å². The molecule has 29 heavy (non-hydrogen) atoms. The van der Waals surface area contributed by atoms with Crippen LogP contribution in [0.1, 0.15) is 43.3 Å². The number of aliphatic imine (C=N–C) groups is 1. The fraction of sp³-hybridized carbons (Fsp3) is 0.545. The molecule has 0 aliphatic carbocycles. The van der Waals surface area contributed by atoms with Gasteiger partial charge in [0.05, 0.1) is 26.5 Å². The molecule has 0 atom stereocenters. The van der Waals surface area contributed by atoms with Crippen molar-refractivity contribution in [2.45, 2.75) is 46.6 Å². The molecule has 0 saturated carbocycles. The molecular weight excluding hydrogens is 366 g/mol. The number of guanidine groups is 1. The lowest BCUT2D eigenvalue weighted by Crippen LogP contribution is -2.38. The van der Waals surface area contributed by atoms with Gasteiger partial charge in [-0.15, -0.1) is 0 Å². The molecule has 0 radical (unpaired) electrons. The van der Waals surface area contributed by atoms with E-state index in [2.05, 4.69) is 42.6 Å². The summed E-state index contributed by atoms with van der Waals surface area (Å²) in [5, 5.41) is 11.4. The molecule has 7 nitrogen and oxygen atoms in total. The predicted molar refractivity (Wildman–Crippen MR) is 118 cm³/mol. The molecule has 7 heteroatoms. The summed E-state index contributed by atoms with van der Waals surface area (Å²) in [7, 11) is 5.32. The van der Waals surface area contributed by atoms with E-state index in [1.54, 1.807) is 14.2 Å². The number of hydrogen-bond acceptors (Lipinski definition) is 4. The van der Waals surface area contributed by atoms with Gasteiger partial charge in [0, 0.05) is 31.4 Å². The van der Waals surface area contributed by atoms with E-state index >= 15 is 0 Å². The van der Waals surface area contributed by atoms with Crippen LogP contribution in [0, 0.1) is 0 Å². The van der Waals surface area contributed by atoms with Crippen molar-refractivity contribution in [1.29, 1.82) is 0 Å². The van der Waals surface area contributed by atoms with Crippen LogP contribution in [0.25, 0.3) is 0 Å². The molecular formula is C22H35N5O2. The third-order valence-electron chi connectivity index (χ3n) is 4.92. The van der Waals surface area contributed by atoms with Crippen LogP contribution in [0.2, 0.25) is 0 Å². The fourth-order valence-corrected chi connectivity index (χ4v) is 3.43. The largest absolute Gasteiger partial charge is 0.493 e. The van der Waals surface area contributed by atoms with Gasteiger partial charge in [0.2, 0.25) is 0 Å². The van der Waals surface area contributed by atoms with Gasteiger partial charge in [-0.1, -0.05) is 19.9 Å². The lowest BCUT2D eigenvalue weighted by Gasteiger charge is -2.13. The summed E-state index contributed by atoms with van der Waals surface area (Å²) in [6.07, 6.45) is 2.73. The number of ether oxygens (including phenoxy) is 2. The number of nitrogens with zero attached hydrogens (tertiary/aromatic N) is 3. The number of aromatic nitrogens is 2. The molecule has 0 saturated heterocycles. The van der Waals surface area contributed by atoms with Crippen LogP contribution in [0.3, 0.4) is 0 Å². The summed E-state index contributed by atoms with van der Waals surface area (Å²) in [6, 6.07) is 6.01. The zero-order valence-corrected chi connectivity index (χ0v) is 18.6. The van der Waals surface area contributed by atoms with Crippen molar-refractivity contribution in [3.8, 4) is 11.5 Å². The normalized spacial score (nSPS) is 11.4. The maximum Gasteiger partial charge on any atom is 0.191 e. The molecule has 0 spiro atoms. The Kier molecular flexibility index (Phi) is 8.83. The van der Waals surface area contributed by atoms with Gasteiger partial charge in [0.25, 0.3) is 0 Å².